The van der Waals surface area contributed by atoms with Crippen LogP contribution in [0.15, 0.2) is 28.7 Å². The lowest BCUT2D eigenvalue weighted by Crippen LogP contribution is -2.13. The molecule has 0 radical (unpaired) electrons. The molecule has 0 amide bonds. The normalized spacial score (nSPS) is 15.9. The smallest absolute Gasteiger partial charge is 0.275 e. The first-order chi connectivity index (χ1) is 9.83. The molecule has 0 spiro atoms. The van der Waals surface area contributed by atoms with Crippen LogP contribution in [-0.4, -0.2) is 21.1 Å². The van der Waals surface area contributed by atoms with Gasteiger partial charge in [0.25, 0.3) is 5.56 Å². The molecule has 0 bridgehead atoms. The third-order valence-corrected chi connectivity index (χ3v) is 4.41. The van der Waals surface area contributed by atoms with Crippen molar-refractivity contribution in [3.05, 3.63) is 34.3 Å². The Balaban J connectivity index is 1.61. The molecule has 106 valence electrons. The predicted octanol–water partition coefficient (Wildman–Crippen LogP) is 2.84. The van der Waals surface area contributed by atoms with Crippen LogP contribution in [0.5, 0.6) is 0 Å². The van der Waals surface area contributed by atoms with E-state index in [9.17, 15) is 4.79 Å². The highest BCUT2D eigenvalue weighted by molar-refractivity contribution is 7.20. The standard InChI is InChI=1S/C14H18N4OS/c19-12-8-10-16-14-18(12)17-13(20-14)15-9-7-11-5-3-1-2-4-6-11/h5,8,10H,1-4,6-7,9H2,(H,15,17). The average Bonchev–Trinajstić information content (AvgIpc) is 2.69. The summed E-state index contributed by atoms with van der Waals surface area (Å²) in [6.07, 6.45) is 11.4. The summed E-state index contributed by atoms with van der Waals surface area (Å²) >= 11 is 1.41. The van der Waals surface area contributed by atoms with Gasteiger partial charge in [0.15, 0.2) is 0 Å². The minimum Gasteiger partial charge on any atom is -0.360 e. The van der Waals surface area contributed by atoms with Crippen molar-refractivity contribution < 1.29 is 0 Å². The Morgan fingerprint density at radius 3 is 3.20 bits per heavy atom. The molecule has 0 unspecified atom stereocenters. The van der Waals surface area contributed by atoms with Crippen LogP contribution in [0.1, 0.15) is 38.5 Å². The Labute approximate surface area is 121 Å². The average molecular weight is 290 g/mol. The molecular weight excluding hydrogens is 272 g/mol. The minimum absolute atomic E-state index is 0.134. The van der Waals surface area contributed by atoms with Crippen LogP contribution < -0.4 is 10.9 Å². The van der Waals surface area contributed by atoms with Crippen molar-refractivity contribution in [3.8, 4) is 0 Å². The maximum absolute atomic E-state index is 11.6. The molecule has 6 heteroatoms. The van der Waals surface area contributed by atoms with Gasteiger partial charge in [-0.1, -0.05) is 29.4 Å². The van der Waals surface area contributed by atoms with Gasteiger partial charge in [0.2, 0.25) is 10.1 Å². The number of nitrogens with one attached hydrogen (secondary N) is 1. The lowest BCUT2D eigenvalue weighted by atomic mass is 10.1. The Morgan fingerprint density at radius 2 is 2.30 bits per heavy atom. The van der Waals surface area contributed by atoms with E-state index in [-0.39, 0.29) is 5.56 Å². The third kappa shape index (κ3) is 3.07. The van der Waals surface area contributed by atoms with E-state index in [4.69, 9.17) is 0 Å². The summed E-state index contributed by atoms with van der Waals surface area (Å²) in [4.78, 5) is 16.4. The van der Waals surface area contributed by atoms with Crippen molar-refractivity contribution in [1.29, 1.82) is 0 Å². The highest BCUT2D eigenvalue weighted by Gasteiger charge is 2.06. The first-order valence-electron chi connectivity index (χ1n) is 7.09. The van der Waals surface area contributed by atoms with Gasteiger partial charge in [-0.15, -0.1) is 5.10 Å². The Morgan fingerprint density at radius 1 is 1.35 bits per heavy atom. The number of hydrogen-bond acceptors (Lipinski definition) is 5. The number of aromatic nitrogens is 3. The number of fused-ring (bicyclic) bond motifs is 1. The maximum atomic E-state index is 11.6. The maximum Gasteiger partial charge on any atom is 0.275 e. The second-order valence-electron chi connectivity index (χ2n) is 5.02. The van der Waals surface area contributed by atoms with Gasteiger partial charge in [0.1, 0.15) is 0 Å². The molecule has 0 saturated carbocycles. The SMILES string of the molecule is O=c1ccnc2sc(NCCC3=CCCCCC3)nn12. The fraction of sp³-hybridized carbons (Fsp3) is 0.500. The van der Waals surface area contributed by atoms with Gasteiger partial charge in [0.05, 0.1) is 0 Å². The van der Waals surface area contributed by atoms with Crippen LogP contribution in [0, 0.1) is 0 Å². The Hall–Kier alpha value is -1.69. The zero-order valence-corrected chi connectivity index (χ0v) is 12.2. The molecule has 0 aliphatic heterocycles. The van der Waals surface area contributed by atoms with Crippen molar-refractivity contribution >= 4 is 21.4 Å². The molecule has 2 aromatic rings. The Kier molecular flexibility index (Phi) is 4.11. The van der Waals surface area contributed by atoms with E-state index < -0.39 is 0 Å². The fourth-order valence-corrected chi connectivity index (χ4v) is 3.25. The van der Waals surface area contributed by atoms with Gasteiger partial charge in [-0.2, -0.15) is 4.52 Å². The molecule has 5 nitrogen and oxygen atoms in total. The van der Waals surface area contributed by atoms with Crippen molar-refractivity contribution in [2.24, 2.45) is 0 Å². The van der Waals surface area contributed by atoms with E-state index in [1.54, 1.807) is 5.57 Å². The monoisotopic (exact) mass is 290 g/mol. The quantitative estimate of drug-likeness (QED) is 0.880. The largest absolute Gasteiger partial charge is 0.360 e. The first kappa shape index (κ1) is 13.3. The fourth-order valence-electron chi connectivity index (χ4n) is 2.45. The van der Waals surface area contributed by atoms with Crippen LogP contribution in [0.25, 0.3) is 4.96 Å². The van der Waals surface area contributed by atoms with Gasteiger partial charge >= 0.3 is 0 Å². The minimum atomic E-state index is -0.134. The van der Waals surface area contributed by atoms with Crippen molar-refractivity contribution in [3.63, 3.8) is 0 Å². The van der Waals surface area contributed by atoms with E-state index in [0.717, 1.165) is 18.1 Å². The highest BCUT2D eigenvalue weighted by Crippen LogP contribution is 2.20. The molecule has 1 N–H and O–H groups in total. The van der Waals surface area contributed by atoms with Crippen molar-refractivity contribution in [2.45, 2.75) is 38.5 Å². The van der Waals surface area contributed by atoms with Crippen LogP contribution >= 0.6 is 11.3 Å². The molecule has 1 aliphatic rings. The number of hydrogen-bond donors (Lipinski definition) is 1. The first-order valence-corrected chi connectivity index (χ1v) is 7.91. The molecular formula is C14H18N4OS. The summed E-state index contributed by atoms with van der Waals surface area (Å²) in [5.74, 6) is 0. The van der Waals surface area contributed by atoms with Crippen LogP contribution in [-0.2, 0) is 0 Å². The zero-order valence-electron chi connectivity index (χ0n) is 11.3. The third-order valence-electron chi connectivity index (χ3n) is 3.53. The van der Waals surface area contributed by atoms with E-state index in [2.05, 4.69) is 21.5 Å². The molecule has 1 aliphatic carbocycles. The summed E-state index contributed by atoms with van der Waals surface area (Å²) in [6.45, 7) is 0.862. The molecule has 0 saturated heterocycles. The summed E-state index contributed by atoms with van der Waals surface area (Å²) in [5, 5.41) is 8.30. The second-order valence-corrected chi connectivity index (χ2v) is 5.98. The summed E-state index contributed by atoms with van der Waals surface area (Å²) in [5.41, 5.74) is 1.41. The Bertz CT molecular complexity index is 673. The summed E-state index contributed by atoms with van der Waals surface area (Å²) in [7, 11) is 0. The van der Waals surface area contributed by atoms with E-state index in [0.29, 0.717) is 4.96 Å². The van der Waals surface area contributed by atoms with Crippen LogP contribution in [0.3, 0.4) is 0 Å². The highest BCUT2D eigenvalue weighted by atomic mass is 32.1. The molecule has 0 fully saturated rings. The topological polar surface area (TPSA) is 59.3 Å². The summed E-state index contributed by atoms with van der Waals surface area (Å²) < 4.78 is 1.35. The van der Waals surface area contributed by atoms with E-state index in [1.165, 1.54) is 60.2 Å². The molecule has 3 rings (SSSR count). The van der Waals surface area contributed by atoms with Gasteiger partial charge < -0.3 is 5.32 Å². The van der Waals surface area contributed by atoms with E-state index >= 15 is 0 Å². The predicted molar refractivity (Wildman–Crippen MR) is 81.4 cm³/mol. The molecule has 0 aromatic carbocycles. The van der Waals surface area contributed by atoms with Gasteiger partial charge in [-0.05, 0) is 32.1 Å². The van der Waals surface area contributed by atoms with Gasteiger partial charge in [0, 0.05) is 18.8 Å². The van der Waals surface area contributed by atoms with Crippen LogP contribution in [0.4, 0.5) is 5.13 Å². The van der Waals surface area contributed by atoms with E-state index in [1.807, 2.05) is 0 Å². The zero-order chi connectivity index (χ0) is 13.8. The van der Waals surface area contributed by atoms with Crippen molar-refractivity contribution in [1.82, 2.24) is 14.6 Å². The van der Waals surface area contributed by atoms with Crippen LogP contribution in [0.2, 0.25) is 0 Å². The molecule has 2 aromatic heterocycles. The lowest BCUT2D eigenvalue weighted by molar-refractivity contribution is 0.703. The molecule has 20 heavy (non-hydrogen) atoms. The van der Waals surface area contributed by atoms with Crippen molar-refractivity contribution in [2.75, 3.05) is 11.9 Å². The van der Waals surface area contributed by atoms with Gasteiger partial charge in [-0.3, -0.25) is 4.79 Å². The number of anilines is 1. The molecule has 2 heterocycles. The number of rotatable bonds is 4. The van der Waals surface area contributed by atoms with Gasteiger partial charge in [-0.25, -0.2) is 4.98 Å². The lowest BCUT2D eigenvalue weighted by Gasteiger charge is -2.05. The number of nitrogens with zero attached hydrogens (tertiary/aromatic N) is 3. The second kappa shape index (κ2) is 6.17. The number of allylic oxidation sites excluding steroid dienone is 1. The molecule has 0 atom stereocenters. The summed E-state index contributed by atoms with van der Waals surface area (Å²) in [6, 6.07) is 1.42.